The maximum Gasteiger partial charge on any atom is 0.268 e. The van der Waals surface area contributed by atoms with Crippen molar-refractivity contribution in [3.63, 3.8) is 0 Å². The second kappa shape index (κ2) is 20.3. The second-order valence-corrected chi connectivity index (χ2v) is 18.8. The van der Waals surface area contributed by atoms with E-state index >= 15 is 0 Å². The number of ether oxygens (including phenoxy) is 1. The van der Waals surface area contributed by atoms with Crippen molar-refractivity contribution in [2.75, 3.05) is 0 Å². The molecule has 374 valence electrons. The van der Waals surface area contributed by atoms with E-state index in [9.17, 15) is 4.11 Å². The van der Waals surface area contributed by atoms with Crippen LogP contribution in [0, 0.1) is 25.3 Å². The van der Waals surface area contributed by atoms with Gasteiger partial charge in [0.25, 0.3) is 6.33 Å². The standard InChI is InChI=1S/C71H52N4O.Pt/c1-48-39-69(72-46-64(48)51-25-12-7-13-26-51)75-65-34-15-14-31-62(65)63-38-37-59(45-68(63)75)76-58-30-19-29-57(44-58)73-47-74(67-36-17-16-35-66(67)73)70-60(52-27-18-28-56(43-52)71(2,3)4)32-20-33-61(70)55-41-53(49-21-8-5-9-22-49)40-54(42-55)50-23-10-6-11-24-50;/h5-43,46H,1-4H3;/q-2;/i1D3,5D,6D,7D,8D,9D,10D,11D,12D,13D,21D,22D,23D,24D,25D,26D,40D,41D,42D;. The number of para-hydroxylation sites is 4. The van der Waals surface area contributed by atoms with Gasteiger partial charge in [-0.05, 0) is 115 Å². The molecule has 6 heteroatoms. The van der Waals surface area contributed by atoms with Gasteiger partial charge in [0, 0.05) is 54.0 Å². The van der Waals surface area contributed by atoms with Gasteiger partial charge in [0.05, 0.1) is 41.4 Å². The molecule has 77 heavy (non-hydrogen) atoms. The molecule has 3 aromatic heterocycles. The molecule has 13 rings (SSSR count). The molecular formula is C71H52N4OPt-2. The molecule has 0 unspecified atom stereocenters. The number of hydrogen-bond acceptors (Lipinski definition) is 2. The zero-order valence-electron chi connectivity index (χ0n) is 62.2. The van der Waals surface area contributed by atoms with Crippen LogP contribution in [0.25, 0.3) is 106 Å². The normalized spacial score (nSPS) is 15.5. The monoisotopic (exact) mass is 1190 g/mol. The summed E-state index contributed by atoms with van der Waals surface area (Å²) in [5.74, 6) is 0.528. The zero-order valence-corrected chi connectivity index (χ0v) is 43.5. The minimum absolute atomic E-state index is 0. The van der Waals surface area contributed by atoms with E-state index in [2.05, 4.69) is 44.2 Å². The van der Waals surface area contributed by atoms with Gasteiger partial charge in [0.1, 0.15) is 5.82 Å². The topological polar surface area (TPSA) is 35.9 Å². The summed E-state index contributed by atoms with van der Waals surface area (Å²) < 4.78 is 198. The van der Waals surface area contributed by atoms with Crippen molar-refractivity contribution in [1.82, 2.24) is 14.1 Å². The Kier molecular flexibility index (Phi) is 8.08. The zero-order chi connectivity index (χ0) is 69.5. The molecule has 5 nitrogen and oxygen atoms in total. The van der Waals surface area contributed by atoms with Gasteiger partial charge in [-0.1, -0.05) is 202 Å². The summed E-state index contributed by atoms with van der Waals surface area (Å²) in [4.78, 5) is 4.69. The van der Waals surface area contributed by atoms with Crippen molar-refractivity contribution in [3.05, 3.63) is 272 Å². The molecule has 13 aromatic rings. The predicted molar refractivity (Wildman–Crippen MR) is 311 cm³/mol. The summed E-state index contributed by atoms with van der Waals surface area (Å²) in [5, 5.41) is 1.45. The summed E-state index contributed by atoms with van der Waals surface area (Å²) >= 11 is 0. The van der Waals surface area contributed by atoms with E-state index in [-0.39, 0.29) is 77.3 Å². The van der Waals surface area contributed by atoms with E-state index in [1.54, 1.807) is 62.2 Å². The first-order chi connectivity index (χ1) is 45.9. The number of benzene rings is 10. The SMILES string of the molecule is [2H]c1c([2H])c([2H])c(-c2cnc(-n3c4[c-]c(Oc5[c-]c(-n6[c-][n+](-c7c(-c8cccc(C(C)(C)C)c8)cccc7-c7c([2H])c(-c8c([2H])c([2H])c([2H])c([2H])c8[2H])c([2H])c(-c8c([2H])c([2H])c([2H])c([2H])c8[2H])c7[2H])c7ccccc76)ccc5)ccc4c4ccccc43)cc2C([2H])([2H])[2H])c([2H])c1[2H].[Pt]. The van der Waals surface area contributed by atoms with Gasteiger partial charge in [0.2, 0.25) is 0 Å². The Labute approximate surface area is 493 Å². The van der Waals surface area contributed by atoms with Crippen LogP contribution in [0.3, 0.4) is 0 Å². The summed E-state index contributed by atoms with van der Waals surface area (Å²) in [5.41, 5.74) is 1.34. The Morgan fingerprint density at radius 1 is 0.545 bits per heavy atom. The molecule has 0 radical (unpaired) electrons. The van der Waals surface area contributed by atoms with Crippen molar-refractivity contribution in [2.24, 2.45) is 0 Å². The van der Waals surface area contributed by atoms with Gasteiger partial charge in [0.15, 0.2) is 0 Å². The van der Waals surface area contributed by atoms with Gasteiger partial charge < -0.3 is 13.9 Å². The molecule has 0 saturated carbocycles. The third kappa shape index (κ3) is 9.28. The molecule has 0 amide bonds. The van der Waals surface area contributed by atoms with Gasteiger partial charge in [-0.15, -0.1) is 29.7 Å². The van der Waals surface area contributed by atoms with Crippen molar-refractivity contribution in [3.8, 4) is 84.3 Å². The average Bonchev–Trinajstić information content (AvgIpc) is 0.887. The Morgan fingerprint density at radius 2 is 1.17 bits per heavy atom. The van der Waals surface area contributed by atoms with Gasteiger partial charge in [-0.25, -0.2) is 4.98 Å². The number of fused-ring (bicyclic) bond motifs is 4. The molecular weight excluding hydrogens is 1120 g/mol. The Morgan fingerprint density at radius 3 is 1.88 bits per heavy atom. The van der Waals surface area contributed by atoms with E-state index in [0.717, 1.165) is 10.9 Å². The largest absolute Gasteiger partial charge is 0.510 e. The molecule has 0 aliphatic carbocycles. The van der Waals surface area contributed by atoms with E-state index in [1.165, 1.54) is 12.3 Å². The molecule has 0 bridgehead atoms. The van der Waals surface area contributed by atoms with E-state index < -0.39 is 138 Å². The number of nitrogens with zero attached hydrogens (tertiary/aromatic N) is 4. The van der Waals surface area contributed by atoms with Gasteiger partial charge in [-0.3, -0.25) is 4.57 Å². The smallest absolute Gasteiger partial charge is 0.268 e. The molecule has 0 aliphatic rings. The van der Waals surface area contributed by atoms with Crippen LogP contribution in [0.5, 0.6) is 11.5 Å². The number of hydrogen-bond donors (Lipinski definition) is 0. The first-order valence-electron chi connectivity index (χ1n) is 34.6. The predicted octanol–water partition coefficient (Wildman–Crippen LogP) is 17.5. The molecule has 0 N–H and O–H groups in total. The minimum Gasteiger partial charge on any atom is -0.510 e. The van der Waals surface area contributed by atoms with E-state index in [0.29, 0.717) is 44.3 Å². The molecule has 10 aromatic carbocycles. The number of pyridine rings is 1. The van der Waals surface area contributed by atoms with Crippen LogP contribution < -0.4 is 9.30 Å². The van der Waals surface area contributed by atoms with Crippen LogP contribution in [0.1, 0.15) is 60.7 Å². The molecule has 0 spiro atoms. The summed E-state index contributed by atoms with van der Waals surface area (Å²) in [6, 6.07) is 31.4. The van der Waals surface area contributed by atoms with Crippen molar-refractivity contribution in [1.29, 1.82) is 0 Å². The third-order valence-corrected chi connectivity index (χ3v) is 13.0. The fraction of sp³-hybridized carbons (Fsp3) is 0.0704. The van der Waals surface area contributed by atoms with E-state index in [4.69, 9.17) is 29.4 Å². The maximum atomic E-state index is 10.2. The van der Waals surface area contributed by atoms with Crippen molar-refractivity contribution >= 4 is 32.8 Å². The molecule has 0 aliphatic heterocycles. The second-order valence-electron chi connectivity index (χ2n) is 18.8. The Hall–Kier alpha value is -8.89. The molecule has 0 fully saturated rings. The van der Waals surface area contributed by atoms with Crippen LogP contribution in [0.15, 0.2) is 242 Å². The number of aromatic nitrogens is 4. The van der Waals surface area contributed by atoms with Crippen LogP contribution >= 0.6 is 0 Å². The average molecular weight is 1190 g/mol. The van der Waals surface area contributed by atoms with Crippen LogP contribution in [0.2, 0.25) is 0 Å². The summed E-state index contributed by atoms with van der Waals surface area (Å²) in [7, 11) is 0. The van der Waals surface area contributed by atoms with Gasteiger partial charge >= 0.3 is 0 Å². The quantitative estimate of drug-likeness (QED) is 0.101. The third-order valence-electron chi connectivity index (χ3n) is 13.0. The Balaban J connectivity index is 0.00000914. The van der Waals surface area contributed by atoms with Gasteiger partial charge in [-0.2, -0.15) is 18.2 Å². The number of rotatable bonds is 10. The summed E-state index contributed by atoms with van der Waals surface area (Å²) in [6.07, 6.45) is 4.73. The number of imidazole rings is 1. The molecule has 0 atom stereocenters. The van der Waals surface area contributed by atoms with Crippen LogP contribution in [0.4, 0.5) is 0 Å². The maximum absolute atomic E-state index is 10.2. The fourth-order valence-corrected chi connectivity index (χ4v) is 9.45. The molecule has 0 saturated heterocycles. The first kappa shape index (κ1) is 30.6. The van der Waals surface area contributed by atoms with Crippen LogP contribution in [-0.2, 0) is 26.5 Å². The molecule has 3 heterocycles. The fourth-order valence-electron chi connectivity index (χ4n) is 9.45. The van der Waals surface area contributed by atoms with Crippen LogP contribution in [-0.4, -0.2) is 14.1 Å². The van der Waals surface area contributed by atoms with E-state index in [1.807, 2.05) is 72.8 Å². The Bertz CT molecular complexity index is 5360. The minimum atomic E-state index is -2.85. The number of aryl methyl sites for hydroxylation is 1. The van der Waals surface area contributed by atoms with Crippen molar-refractivity contribution < 1.29 is 59.2 Å². The first-order valence-corrected chi connectivity index (χ1v) is 24.1. The summed E-state index contributed by atoms with van der Waals surface area (Å²) in [6.45, 7) is 3.33. The van der Waals surface area contributed by atoms with Crippen molar-refractivity contribution in [2.45, 2.75) is 33.0 Å².